The maximum Gasteiger partial charge on any atom is 0.161 e. The first-order valence-electron chi connectivity index (χ1n) is 8.58. The van der Waals surface area contributed by atoms with Crippen molar-refractivity contribution in [3.63, 3.8) is 0 Å². The van der Waals surface area contributed by atoms with Crippen molar-refractivity contribution >= 4 is 11.5 Å². The van der Waals surface area contributed by atoms with E-state index in [0.717, 1.165) is 41.6 Å². The van der Waals surface area contributed by atoms with Crippen LogP contribution in [0, 0.1) is 0 Å². The minimum Gasteiger partial charge on any atom is -0.381 e. The highest BCUT2D eigenvalue weighted by Crippen LogP contribution is 2.17. The fourth-order valence-electron chi connectivity index (χ4n) is 2.53. The van der Waals surface area contributed by atoms with Crippen molar-refractivity contribution in [1.82, 2.24) is 15.0 Å². The summed E-state index contributed by atoms with van der Waals surface area (Å²) in [4.78, 5) is 13.3. The Kier molecular flexibility index (Phi) is 5.57. The Morgan fingerprint density at radius 1 is 1.00 bits per heavy atom. The van der Waals surface area contributed by atoms with Crippen molar-refractivity contribution in [3.05, 3.63) is 66.6 Å². The van der Waals surface area contributed by atoms with E-state index in [9.17, 15) is 0 Å². The van der Waals surface area contributed by atoms with Gasteiger partial charge in [0.1, 0.15) is 5.82 Å². The maximum atomic E-state index is 4.65. The van der Waals surface area contributed by atoms with Gasteiger partial charge in [0.15, 0.2) is 5.82 Å². The molecule has 0 aliphatic heterocycles. The summed E-state index contributed by atoms with van der Waals surface area (Å²) in [5.41, 5.74) is 3.11. The molecule has 3 aromatic rings. The Balaban J connectivity index is 1.69. The smallest absolute Gasteiger partial charge is 0.161 e. The lowest BCUT2D eigenvalue weighted by Gasteiger charge is -2.17. The molecule has 0 saturated carbocycles. The second-order valence-electron chi connectivity index (χ2n) is 5.95. The normalized spacial score (nSPS) is 11.8. The van der Waals surface area contributed by atoms with Gasteiger partial charge in [0.05, 0.1) is 0 Å². The molecule has 2 heterocycles. The highest BCUT2D eigenvalue weighted by molar-refractivity contribution is 5.57. The molecule has 0 saturated heterocycles. The molecule has 25 heavy (non-hydrogen) atoms. The molecule has 5 heteroatoms. The van der Waals surface area contributed by atoms with Crippen LogP contribution in [0.4, 0.5) is 11.5 Å². The largest absolute Gasteiger partial charge is 0.381 e. The van der Waals surface area contributed by atoms with Gasteiger partial charge in [-0.3, -0.25) is 4.98 Å². The summed E-state index contributed by atoms with van der Waals surface area (Å²) in [5.74, 6) is 1.58. The van der Waals surface area contributed by atoms with Crippen molar-refractivity contribution in [2.75, 3.05) is 17.2 Å². The van der Waals surface area contributed by atoms with Crippen LogP contribution >= 0.6 is 0 Å². The molecule has 0 radical (unpaired) electrons. The average molecular weight is 333 g/mol. The van der Waals surface area contributed by atoms with E-state index in [0.29, 0.717) is 0 Å². The molecule has 0 fully saturated rings. The second-order valence-corrected chi connectivity index (χ2v) is 5.95. The minimum atomic E-state index is 0.270. The molecule has 0 bridgehead atoms. The van der Waals surface area contributed by atoms with E-state index < -0.39 is 0 Å². The zero-order chi connectivity index (χ0) is 17.5. The van der Waals surface area contributed by atoms with Crippen molar-refractivity contribution < 1.29 is 0 Å². The van der Waals surface area contributed by atoms with Gasteiger partial charge in [-0.1, -0.05) is 25.1 Å². The van der Waals surface area contributed by atoms with E-state index in [-0.39, 0.29) is 6.04 Å². The molecule has 0 spiro atoms. The van der Waals surface area contributed by atoms with E-state index in [2.05, 4.69) is 51.6 Å². The summed E-state index contributed by atoms with van der Waals surface area (Å²) in [6.45, 7) is 5.01. The summed E-state index contributed by atoms with van der Waals surface area (Å²) in [7, 11) is 0. The summed E-state index contributed by atoms with van der Waals surface area (Å²) in [5, 5.41) is 6.89. The molecular formula is C20H23N5. The number of benzene rings is 1. The van der Waals surface area contributed by atoms with Gasteiger partial charge in [0.2, 0.25) is 0 Å². The van der Waals surface area contributed by atoms with Crippen LogP contribution in [0.5, 0.6) is 0 Å². The molecule has 128 valence electrons. The molecule has 2 N–H and O–H groups in total. The van der Waals surface area contributed by atoms with Crippen molar-refractivity contribution in [2.24, 2.45) is 0 Å². The molecule has 0 aliphatic rings. The number of pyridine rings is 1. The number of aryl methyl sites for hydroxylation is 1. The van der Waals surface area contributed by atoms with Crippen LogP contribution in [-0.2, 0) is 6.42 Å². The van der Waals surface area contributed by atoms with E-state index in [1.54, 1.807) is 12.4 Å². The van der Waals surface area contributed by atoms with Gasteiger partial charge >= 0.3 is 0 Å². The third kappa shape index (κ3) is 4.76. The minimum absolute atomic E-state index is 0.270. The summed E-state index contributed by atoms with van der Waals surface area (Å²) < 4.78 is 0. The number of anilines is 2. The van der Waals surface area contributed by atoms with Crippen LogP contribution in [0.1, 0.15) is 19.5 Å². The number of nitrogens with one attached hydrogen (secondary N) is 2. The molecule has 1 aromatic carbocycles. The number of aromatic nitrogens is 3. The van der Waals surface area contributed by atoms with Crippen molar-refractivity contribution in [2.45, 2.75) is 26.3 Å². The van der Waals surface area contributed by atoms with Gasteiger partial charge < -0.3 is 10.6 Å². The van der Waals surface area contributed by atoms with E-state index >= 15 is 0 Å². The monoisotopic (exact) mass is 333 g/mol. The molecule has 1 atom stereocenters. The Hall–Kier alpha value is -2.95. The lowest BCUT2D eigenvalue weighted by molar-refractivity contribution is 0.830. The summed E-state index contributed by atoms with van der Waals surface area (Å²) >= 11 is 0. The van der Waals surface area contributed by atoms with E-state index in [1.165, 1.54) is 0 Å². The van der Waals surface area contributed by atoms with Crippen molar-refractivity contribution in [3.8, 4) is 11.4 Å². The molecule has 1 unspecified atom stereocenters. The molecule has 2 aromatic heterocycles. The summed E-state index contributed by atoms with van der Waals surface area (Å²) in [6.07, 6.45) is 4.39. The zero-order valence-electron chi connectivity index (χ0n) is 14.6. The van der Waals surface area contributed by atoms with Crippen LogP contribution in [0.3, 0.4) is 0 Å². The fourth-order valence-corrected chi connectivity index (χ4v) is 2.53. The Bertz CT molecular complexity index is 790. The Morgan fingerprint density at radius 2 is 1.76 bits per heavy atom. The maximum absolute atomic E-state index is 4.65. The van der Waals surface area contributed by atoms with Gasteiger partial charge in [-0.05, 0) is 37.6 Å². The predicted molar refractivity (Wildman–Crippen MR) is 103 cm³/mol. The van der Waals surface area contributed by atoms with Gasteiger partial charge in [0, 0.05) is 48.0 Å². The molecular weight excluding hydrogens is 310 g/mol. The molecule has 0 amide bonds. The third-order valence-electron chi connectivity index (χ3n) is 3.86. The number of para-hydroxylation sites is 1. The van der Waals surface area contributed by atoms with E-state index in [4.69, 9.17) is 0 Å². The van der Waals surface area contributed by atoms with Crippen LogP contribution in [0.25, 0.3) is 11.4 Å². The van der Waals surface area contributed by atoms with Crippen LogP contribution in [0.15, 0.2) is 60.9 Å². The Morgan fingerprint density at radius 3 is 2.48 bits per heavy atom. The fraction of sp³-hybridized carbons (Fsp3) is 0.250. The van der Waals surface area contributed by atoms with Gasteiger partial charge in [-0.2, -0.15) is 0 Å². The first-order chi connectivity index (χ1) is 12.2. The Labute approximate surface area is 148 Å². The number of hydrogen-bond acceptors (Lipinski definition) is 5. The third-order valence-corrected chi connectivity index (χ3v) is 3.86. The number of rotatable bonds is 7. The van der Waals surface area contributed by atoms with Gasteiger partial charge in [0.25, 0.3) is 0 Å². The molecule has 5 nitrogen and oxygen atoms in total. The molecule has 0 aliphatic carbocycles. The lowest BCUT2D eigenvalue weighted by atomic mass is 10.2. The quantitative estimate of drug-likeness (QED) is 0.684. The van der Waals surface area contributed by atoms with Crippen LogP contribution in [-0.4, -0.2) is 27.5 Å². The number of nitrogens with zero attached hydrogens (tertiary/aromatic N) is 3. The van der Waals surface area contributed by atoms with Crippen LogP contribution in [0.2, 0.25) is 0 Å². The van der Waals surface area contributed by atoms with Crippen molar-refractivity contribution in [1.29, 1.82) is 0 Å². The topological polar surface area (TPSA) is 62.7 Å². The van der Waals surface area contributed by atoms with E-state index in [1.807, 2.05) is 36.4 Å². The molecule has 3 rings (SSSR count). The highest BCUT2D eigenvalue weighted by Gasteiger charge is 2.08. The summed E-state index contributed by atoms with van der Waals surface area (Å²) in [6, 6.07) is 16.4. The van der Waals surface area contributed by atoms with Gasteiger partial charge in [-0.15, -0.1) is 0 Å². The van der Waals surface area contributed by atoms with Gasteiger partial charge in [-0.25, -0.2) is 9.97 Å². The highest BCUT2D eigenvalue weighted by atomic mass is 15.1. The number of hydrogen-bond donors (Lipinski definition) is 2. The predicted octanol–water partition coefficient (Wildman–Crippen LogP) is 4.01. The average Bonchev–Trinajstić information content (AvgIpc) is 2.67. The standard InChI is InChI=1S/C20H23N5/c1-3-17-13-19(25-20(24-17)16-9-11-21-12-10-16)22-14-15(2)23-18-7-5-4-6-8-18/h4-13,15,23H,3,14H2,1-2H3,(H,22,24,25). The second kappa shape index (κ2) is 8.24. The van der Waals surface area contributed by atoms with Crippen LogP contribution < -0.4 is 10.6 Å². The SMILES string of the molecule is CCc1cc(NCC(C)Nc2ccccc2)nc(-c2ccncc2)n1. The lowest BCUT2D eigenvalue weighted by Crippen LogP contribution is -2.25. The first-order valence-corrected chi connectivity index (χ1v) is 8.58. The zero-order valence-corrected chi connectivity index (χ0v) is 14.6. The first kappa shape index (κ1) is 16.9.